The van der Waals surface area contributed by atoms with E-state index < -0.39 is 4.92 Å². The molecular weight excluding hydrogens is 284 g/mol. The van der Waals surface area contributed by atoms with Crippen LogP contribution < -0.4 is 5.32 Å². The quantitative estimate of drug-likeness (QED) is 0.657. The molecule has 2 atom stereocenters. The molecule has 1 aliphatic heterocycles. The Labute approximate surface area is 123 Å². The molecule has 2 unspecified atom stereocenters. The van der Waals surface area contributed by atoms with E-state index in [9.17, 15) is 14.9 Å². The van der Waals surface area contributed by atoms with Crippen LogP contribution in [0.15, 0.2) is 12.1 Å². The molecule has 1 aromatic rings. The van der Waals surface area contributed by atoms with Gasteiger partial charge in [-0.2, -0.15) is 0 Å². The smallest absolute Gasteiger partial charge is 0.323 e. The van der Waals surface area contributed by atoms with Crippen LogP contribution in [0.4, 0.5) is 5.82 Å². The van der Waals surface area contributed by atoms with Crippen molar-refractivity contribution in [3.63, 3.8) is 0 Å². The number of carbonyl (C=O) groups excluding carboxylic acids is 1. The zero-order chi connectivity index (χ0) is 14.2. The first-order valence-electron chi connectivity index (χ1n) is 6.25. The lowest BCUT2D eigenvalue weighted by Gasteiger charge is -2.35. The van der Waals surface area contributed by atoms with Gasteiger partial charge in [0.2, 0.25) is 0 Å². The summed E-state index contributed by atoms with van der Waals surface area (Å²) < 4.78 is 1.33. The maximum absolute atomic E-state index is 12.4. The highest BCUT2D eigenvalue weighted by Gasteiger charge is 2.29. The fourth-order valence-electron chi connectivity index (χ4n) is 2.55. The number of hydrogen-bond acceptors (Lipinski definition) is 4. The molecule has 1 fully saturated rings. The SMILES string of the molecule is CC1CN(C(=O)c2ccc([N+](=O)[O-])n2C)CC(C)N1.Cl. The molecule has 20 heavy (non-hydrogen) atoms. The second kappa shape index (κ2) is 6.23. The Bertz CT molecular complexity index is 507. The van der Waals surface area contributed by atoms with Gasteiger partial charge >= 0.3 is 5.82 Å². The largest absolute Gasteiger partial charge is 0.358 e. The van der Waals surface area contributed by atoms with Crippen LogP contribution in [-0.2, 0) is 7.05 Å². The molecule has 1 N–H and O–H groups in total. The molecule has 0 radical (unpaired) electrons. The average molecular weight is 303 g/mol. The van der Waals surface area contributed by atoms with Crippen LogP contribution in [0.25, 0.3) is 0 Å². The first kappa shape index (κ1) is 16.5. The summed E-state index contributed by atoms with van der Waals surface area (Å²) in [7, 11) is 1.54. The van der Waals surface area contributed by atoms with E-state index in [1.54, 1.807) is 11.9 Å². The summed E-state index contributed by atoms with van der Waals surface area (Å²) in [5.41, 5.74) is 0.355. The highest BCUT2D eigenvalue weighted by atomic mass is 35.5. The lowest BCUT2D eigenvalue weighted by molar-refractivity contribution is -0.391. The number of carbonyl (C=O) groups is 1. The van der Waals surface area contributed by atoms with Crippen LogP contribution in [0.5, 0.6) is 0 Å². The molecule has 1 aromatic heterocycles. The fraction of sp³-hybridized carbons (Fsp3) is 0.583. The Morgan fingerprint density at radius 1 is 1.35 bits per heavy atom. The Balaban J connectivity index is 0.00000200. The lowest BCUT2D eigenvalue weighted by atomic mass is 10.1. The van der Waals surface area contributed by atoms with Gasteiger partial charge in [-0.05, 0) is 24.8 Å². The normalized spacial score (nSPS) is 22.2. The molecule has 1 aliphatic rings. The summed E-state index contributed by atoms with van der Waals surface area (Å²) in [6, 6.07) is 3.33. The summed E-state index contributed by atoms with van der Waals surface area (Å²) in [6.45, 7) is 5.26. The molecule has 0 aromatic carbocycles. The molecule has 0 spiro atoms. The molecule has 1 saturated heterocycles. The van der Waals surface area contributed by atoms with Gasteiger partial charge < -0.3 is 20.3 Å². The van der Waals surface area contributed by atoms with E-state index in [0.29, 0.717) is 18.8 Å². The Kier molecular flexibility index (Phi) is 5.13. The lowest BCUT2D eigenvalue weighted by Crippen LogP contribution is -2.56. The molecule has 2 rings (SSSR count). The summed E-state index contributed by atoms with van der Waals surface area (Å²) in [5.74, 6) is -0.226. The molecule has 7 nitrogen and oxygen atoms in total. The number of nitrogens with one attached hydrogen (secondary N) is 1. The monoisotopic (exact) mass is 302 g/mol. The summed E-state index contributed by atoms with van der Waals surface area (Å²) >= 11 is 0. The van der Waals surface area contributed by atoms with Gasteiger partial charge in [-0.25, -0.2) is 4.57 Å². The first-order valence-corrected chi connectivity index (χ1v) is 6.25. The maximum Gasteiger partial charge on any atom is 0.323 e. The van der Waals surface area contributed by atoms with Crippen LogP contribution >= 0.6 is 12.4 Å². The number of nitrogens with zero attached hydrogens (tertiary/aromatic N) is 3. The predicted molar refractivity (Wildman–Crippen MR) is 77.3 cm³/mol. The van der Waals surface area contributed by atoms with Crippen molar-refractivity contribution in [1.29, 1.82) is 0 Å². The van der Waals surface area contributed by atoms with Gasteiger partial charge in [0, 0.05) is 31.2 Å². The Morgan fingerprint density at radius 3 is 2.35 bits per heavy atom. The average Bonchev–Trinajstić information content (AvgIpc) is 2.69. The Morgan fingerprint density at radius 2 is 1.90 bits per heavy atom. The van der Waals surface area contributed by atoms with E-state index in [2.05, 4.69) is 5.32 Å². The van der Waals surface area contributed by atoms with Crippen molar-refractivity contribution in [2.24, 2.45) is 7.05 Å². The van der Waals surface area contributed by atoms with Gasteiger partial charge in [0.15, 0.2) is 5.69 Å². The number of hydrogen-bond donors (Lipinski definition) is 1. The zero-order valence-corrected chi connectivity index (χ0v) is 12.5. The third kappa shape index (κ3) is 3.10. The van der Waals surface area contributed by atoms with E-state index >= 15 is 0 Å². The third-order valence-electron chi connectivity index (χ3n) is 3.35. The minimum atomic E-state index is -0.486. The third-order valence-corrected chi connectivity index (χ3v) is 3.35. The molecular formula is C12H19ClN4O3. The summed E-state index contributed by atoms with van der Waals surface area (Å²) in [6.07, 6.45) is 0. The van der Waals surface area contributed by atoms with E-state index in [4.69, 9.17) is 0 Å². The van der Waals surface area contributed by atoms with Crippen LogP contribution in [0.1, 0.15) is 24.3 Å². The fourth-order valence-corrected chi connectivity index (χ4v) is 2.55. The van der Waals surface area contributed by atoms with Crippen molar-refractivity contribution < 1.29 is 9.72 Å². The number of aromatic nitrogens is 1. The second-order valence-electron chi connectivity index (χ2n) is 5.07. The molecule has 1 amide bonds. The van der Waals surface area contributed by atoms with E-state index in [0.717, 1.165) is 0 Å². The topological polar surface area (TPSA) is 80.4 Å². The zero-order valence-electron chi connectivity index (χ0n) is 11.7. The van der Waals surface area contributed by atoms with Crippen LogP contribution in [0.2, 0.25) is 0 Å². The van der Waals surface area contributed by atoms with Crippen molar-refractivity contribution in [1.82, 2.24) is 14.8 Å². The van der Waals surface area contributed by atoms with Crippen molar-refractivity contribution in [2.75, 3.05) is 13.1 Å². The van der Waals surface area contributed by atoms with Crippen LogP contribution in [0.3, 0.4) is 0 Å². The minimum absolute atomic E-state index is 0. The number of piperazine rings is 1. The van der Waals surface area contributed by atoms with Crippen molar-refractivity contribution in [3.8, 4) is 0 Å². The molecule has 0 saturated carbocycles. The number of nitro groups is 1. The molecule has 2 heterocycles. The highest BCUT2D eigenvalue weighted by Crippen LogP contribution is 2.18. The molecule has 8 heteroatoms. The molecule has 0 bridgehead atoms. The van der Waals surface area contributed by atoms with Gasteiger partial charge in [0.05, 0.1) is 7.05 Å². The number of halogens is 1. The standard InChI is InChI=1S/C12H18N4O3.ClH/c1-8-6-15(7-9(2)13-8)12(17)10-4-5-11(14(10)3)16(18)19;/h4-5,8-9,13H,6-7H2,1-3H3;1H. The number of amides is 1. The van der Waals surface area contributed by atoms with E-state index in [1.165, 1.54) is 16.7 Å². The second-order valence-corrected chi connectivity index (χ2v) is 5.07. The van der Waals surface area contributed by atoms with Crippen LogP contribution in [-0.4, -0.2) is 45.5 Å². The van der Waals surface area contributed by atoms with Crippen LogP contribution in [0, 0.1) is 10.1 Å². The maximum atomic E-state index is 12.4. The minimum Gasteiger partial charge on any atom is -0.358 e. The van der Waals surface area contributed by atoms with Gasteiger partial charge in [-0.1, -0.05) is 0 Å². The highest BCUT2D eigenvalue weighted by molar-refractivity contribution is 5.93. The summed E-state index contributed by atoms with van der Waals surface area (Å²) in [4.78, 5) is 24.4. The predicted octanol–water partition coefficient (Wildman–Crippen LogP) is 1.18. The van der Waals surface area contributed by atoms with Gasteiger partial charge in [0.25, 0.3) is 5.91 Å². The van der Waals surface area contributed by atoms with E-state index in [1.807, 2.05) is 13.8 Å². The van der Waals surface area contributed by atoms with Gasteiger partial charge in [-0.3, -0.25) is 4.79 Å². The van der Waals surface area contributed by atoms with Crippen molar-refractivity contribution in [2.45, 2.75) is 25.9 Å². The van der Waals surface area contributed by atoms with Gasteiger partial charge in [-0.15, -0.1) is 12.4 Å². The molecule has 0 aliphatic carbocycles. The molecule has 112 valence electrons. The van der Waals surface area contributed by atoms with Gasteiger partial charge in [0.1, 0.15) is 0 Å². The summed E-state index contributed by atoms with van der Waals surface area (Å²) in [5, 5.41) is 14.1. The number of rotatable bonds is 2. The Hall–Kier alpha value is -1.60. The van der Waals surface area contributed by atoms with Crippen molar-refractivity contribution >= 4 is 24.1 Å². The first-order chi connectivity index (χ1) is 8.90. The van der Waals surface area contributed by atoms with E-state index in [-0.39, 0.29) is 36.2 Å². The van der Waals surface area contributed by atoms with Crippen molar-refractivity contribution in [3.05, 3.63) is 27.9 Å².